The highest BCUT2D eigenvalue weighted by Crippen LogP contribution is 2.19. The Morgan fingerprint density at radius 1 is 1.71 bits per heavy atom. The Morgan fingerprint density at radius 2 is 2.57 bits per heavy atom. The first-order valence-corrected chi connectivity index (χ1v) is 4.86. The van der Waals surface area contributed by atoms with Crippen molar-refractivity contribution in [1.82, 2.24) is 9.88 Å². The second-order valence-electron chi connectivity index (χ2n) is 3.66. The summed E-state index contributed by atoms with van der Waals surface area (Å²) in [6.07, 6.45) is 3.62. The number of aliphatic carboxylic acids is 1. The molecule has 1 unspecified atom stereocenters. The SMILES string of the molecule is O=C(O)C1CCCN1Cc1ccc[nH]1. The van der Waals surface area contributed by atoms with Gasteiger partial charge in [0.1, 0.15) is 6.04 Å². The van der Waals surface area contributed by atoms with E-state index < -0.39 is 5.97 Å². The molecule has 0 amide bonds. The molecule has 1 saturated heterocycles. The Balaban J connectivity index is 2.00. The van der Waals surface area contributed by atoms with Crippen LogP contribution >= 0.6 is 0 Å². The molecule has 0 saturated carbocycles. The predicted octanol–water partition coefficient (Wildman–Crippen LogP) is 1.06. The fourth-order valence-electron chi connectivity index (χ4n) is 1.98. The summed E-state index contributed by atoms with van der Waals surface area (Å²) < 4.78 is 0. The van der Waals surface area contributed by atoms with E-state index in [2.05, 4.69) is 4.98 Å². The normalized spacial score (nSPS) is 22.7. The van der Waals surface area contributed by atoms with Gasteiger partial charge >= 0.3 is 5.97 Å². The molecule has 0 aliphatic carbocycles. The third-order valence-electron chi connectivity index (χ3n) is 2.68. The zero-order chi connectivity index (χ0) is 9.97. The van der Waals surface area contributed by atoms with E-state index in [-0.39, 0.29) is 6.04 Å². The summed E-state index contributed by atoms with van der Waals surface area (Å²) in [7, 11) is 0. The van der Waals surface area contributed by atoms with Crippen LogP contribution in [0.3, 0.4) is 0 Å². The van der Waals surface area contributed by atoms with E-state index >= 15 is 0 Å². The summed E-state index contributed by atoms with van der Waals surface area (Å²) >= 11 is 0. The number of carbonyl (C=O) groups is 1. The Hall–Kier alpha value is -1.29. The number of rotatable bonds is 3. The van der Waals surface area contributed by atoms with E-state index in [4.69, 9.17) is 5.11 Å². The highest BCUT2D eigenvalue weighted by molar-refractivity contribution is 5.73. The minimum absolute atomic E-state index is 0.293. The molecule has 0 spiro atoms. The number of nitrogens with one attached hydrogen (secondary N) is 1. The van der Waals surface area contributed by atoms with E-state index in [0.29, 0.717) is 6.54 Å². The number of hydrogen-bond donors (Lipinski definition) is 2. The van der Waals surface area contributed by atoms with Crippen molar-refractivity contribution < 1.29 is 9.90 Å². The summed E-state index contributed by atoms with van der Waals surface area (Å²) in [5, 5.41) is 8.96. The number of aromatic nitrogens is 1. The molecule has 0 aromatic carbocycles. The van der Waals surface area contributed by atoms with Crippen molar-refractivity contribution in [3.05, 3.63) is 24.0 Å². The smallest absolute Gasteiger partial charge is 0.320 e. The van der Waals surface area contributed by atoms with Crippen molar-refractivity contribution in [3.8, 4) is 0 Å². The van der Waals surface area contributed by atoms with Crippen LogP contribution in [-0.4, -0.2) is 33.5 Å². The third kappa shape index (κ3) is 1.80. The maximum Gasteiger partial charge on any atom is 0.320 e. The van der Waals surface area contributed by atoms with Gasteiger partial charge in [0.15, 0.2) is 0 Å². The van der Waals surface area contributed by atoms with Crippen molar-refractivity contribution in [2.24, 2.45) is 0 Å². The van der Waals surface area contributed by atoms with Crippen LogP contribution in [0, 0.1) is 0 Å². The average molecular weight is 194 g/mol. The largest absolute Gasteiger partial charge is 0.480 e. The number of hydrogen-bond acceptors (Lipinski definition) is 2. The van der Waals surface area contributed by atoms with Gasteiger partial charge in [0.25, 0.3) is 0 Å². The molecular formula is C10H14N2O2. The summed E-state index contributed by atoms with van der Waals surface area (Å²) in [6.45, 7) is 1.60. The van der Waals surface area contributed by atoms with Gasteiger partial charge in [-0.2, -0.15) is 0 Å². The lowest BCUT2D eigenvalue weighted by atomic mass is 10.2. The second-order valence-corrected chi connectivity index (χ2v) is 3.66. The number of H-pyrrole nitrogens is 1. The minimum Gasteiger partial charge on any atom is -0.480 e. The molecule has 4 heteroatoms. The van der Waals surface area contributed by atoms with E-state index in [1.165, 1.54) is 0 Å². The fraction of sp³-hybridized carbons (Fsp3) is 0.500. The Kier molecular flexibility index (Phi) is 2.54. The van der Waals surface area contributed by atoms with Crippen LogP contribution in [0.4, 0.5) is 0 Å². The molecule has 0 bridgehead atoms. The number of carboxylic acid groups (broad SMARTS) is 1. The highest BCUT2D eigenvalue weighted by Gasteiger charge is 2.30. The van der Waals surface area contributed by atoms with Gasteiger partial charge in [0, 0.05) is 18.4 Å². The molecule has 1 aromatic rings. The molecule has 1 fully saturated rings. The maximum atomic E-state index is 10.9. The zero-order valence-corrected chi connectivity index (χ0v) is 7.94. The van der Waals surface area contributed by atoms with Crippen molar-refractivity contribution in [2.75, 3.05) is 6.54 Å². The molecular weight excluding hydrogens is 180 g/mol. The van der Waals surface area contributed by atoms with Crippen LogP contribution < -0.4 is 0 Å². The standard InChI is InChI=1S/C10H14N2O2/c13-10(14)9-4-2-6-12(9)7-8-3-1-5-11-8/h1,3,5,9,11H,2,4,6-7H2,(H,13,14). The van der Waals surface area contributed by atoms with Gasteiger partial charge in [-0.25, -0.2) is 0 Å². The summed E-state index contributed by atoms with van der Waals surface area (Å²) in [6, 6.07) is 3.62. The summed E-state index contributed by atoms with van der Waals surface area (Å²) in [5.41, 5.74) is 1.08. The van der Waals surface area contributed by atoms with Crippen molar-refractivity contribution in [2.45, 2.75) is 25.4 Å². The lowest BCUT2D eigenvalue weighted by Crippen LogP contribution is -2.35. The van der Waals surface area contributed by atoms with E-state index in [1.54, 1.807) is 0 Å². The van der Waals surface area contributed by atoms with Gasteiger partial charge in [-0.15, -0.1) is 0 Å². The van der Waals surface area contributed by atoms with Crippen molar-refractivity contribution in [1.29, 1.82) is 0 Å². The molecule has 2 heterocycles. The highest BCUT2D eigenvalue weighted by atomic mass is 16.4. The molecule has 4 nitrogen and oxygen atoms in total. The van der Waals surface area contributed by atoms with Crippen LogP contribution in [0.1, 0.15) is 18.5 Å². The lowest BCUT2D eigenvalue weighted by molar-refractivity contribution is -0.142. The van der Waals surface area contributed by atoms with Gasteiger partial charge in [-0.3, -0.25) is 9.69 Å². The average Bonchev–Trinajstić information content (AvgIpc) is 2.75. The maximum absolute atomic E-state index is 10.9. The molecule has 2 rings (SSSR count). The minimum atomic E-state index is -0.700. The van der Waals surface area contributed by atoms with Gasteiger partial charge < -0.3 is 10.1 Å². The summed E-state index contributed by atoms with van der Waals surface area (Å²) in [5.74, 6) is -0.700. The van der Waals surface area contributed by atoms with E-state index in [0.717, 1.165) is 25.1 Å². The number of nitrogens with zero attached hydrogens (tertiary/aromatic N) is 1. The number of likely N-dealkylation sites (tertiary alicyclic amines) is 1. The topological polar surface area (TPSA) is 56.3 Å². The first-order valence-electron chi connectivity index (χ1n) is 4.86. The first kappa shape index (κ1) is 9.27. The molecule has 14 heavy (non-hydrogen) atoms. The van der Waals surface area contributed by atoms with Crippen molar-refractivity contribution in [3.63, 3.8) is 0 Å². The third-order valence-corrected chi connectivity index (χ3v) is 2.68. The number of aromatic amines is 1. The van der Waals surface area contributed by atoms with Crippen molar-refractivity contribution >= 4 is 5.97 Å². The van der Waals surface area contributed by atoms with Crippen LogP contribution in [-0.2, 0) is 11.3 Å². The Morgan fingerprint density at radius 3 is 3.21 bits per heavy atom. The molecule has 0 radical (unpaired) electrons. The van der Waals surface area contributed by atoms with Crippen LogP contribution in [0.5, 0.6) is 0 Å². The zero-order valence-electron chi connectivity index (χ0n) is 7.94. The second kappa shape index (κ2) is 3.84. The molecule has 1 aromatic heterocycles. The lowest BCUT2D eigenvalue weighted by Gasteiger charge is -2.19. The summed E-state index contributed by atoms with van der Waals surface area (Å²) in [4.78, 5) is 16.0. The molecule has 1 aliphatic heterocycles. The molecule has 76 valence electrons. The van der Waals surface area contributed by atoms with Gasteiger partial charge in [-0.05, 0) is 31.5 Å². The number of carboxylic acids is 1. The Labute approximate surface area is 82.5 Å². The van der Waals surface area contributed by atoms with Gasteiger partial charge in [0.05, 0.1) is 0 Å². The van der Waals surface area contributed by atoms with E-state index in [1.807, 2.05) is 23.2 Å². The first-order chi connectivity index (χ1) is 6.77. The molecule has 1 aliphatic rings. The predicted molar refractivity (Wildman–Crippen MR) is 51.9 cm³/mol. The van der Waals surface area contributed by atoms with Crippen LogP contribution in [0.2, 0.25) is 0 Å². The quantitative estimate of drug-likeness (QED) is 0.756. The Bertz CT molecular complexity index is 308. The fourth-order valence-corrected chi connectivity index (χ4v) is 1.98. The van der Waals surface area contributed by atoms with Gasteiger partial charge in [-0.1, -0.05) is 0 Å². The molecule has 1 atom stereocenters. The molecule has 2 N–H and O–H groups in total. The monoisotopic (exact) mass is 194 g/mol. The van der Waals surface area contributed by atoms with Crippen LogP contribution in [0.25, 0.3) is 0 Å². The van der Waals surface area contributed by atoms with Gasteiger partial charge in [0.2, 0.25) is 0 Å². The van der Waals surface area contributed by atoms with E-state index in [9.17, 15) is 4.79 Å². The van der Waals surface area contributed by atoms with Crippen LogP contribution in [0.15, 0.2) is 18.3 Å².